The SMILES string of the molecule is CC(CC(=O)O)(NC(=O)c1ccc(C2(C(F)(F)F)N=N2)cc1)c1ccncc1. The number of aromatic nitrogens is 1. The zero-order chi connectivity index (χ0) is 20.6. The molecule has 0 fully saturated rings. The van der Waals surface area contributed by atoms with Crippen molar-refractivity contribution in [1.82, 2.24) is 10.3 Å². The Morgan fingerprint density at radius 2 is 1.64 bits per heavy atom. The van der Waals surface area contributed by atoms with E-state index in [9.17, 15) is 27.9 Å². The van der Waals surface area contributed by atoms with E-state index in [4.69, 9.17) is 0 Å². The van der Waals surface area contributed by atoms with E-state index in [2.05, 4.69) is 20.5 Å². The summed E-state index contributed by atoms with van der Waals surface area (Å²) >= 11 is 0. The number of halogens is 3. The quantitative estimate of drug-likeness (QED) is 0.786. The molecule has 146 valence electrons. The minimum absolute atomic E-state index is 0.0763. The number of alkyl halides is 3. The summed E-state index contributed by atoms with van der Waals surface area (Å²) in [4.78, 5) is 27.7. The maximum Gasteiger partial charge on any atom is 0.442 e. The lowest BCUT2D eigenvalue weighted by Gasteiger charge is -2.30. The molecule has 3 rings (SSSR count). The lowest BCUT2D eigenvalue weighted by Crippen LogP contribution is -2.45. The average Bonchev–Trinajstić information content (AvgIpc) is 3.44. The fourth-order valence-corrected chi connectivity index (χ4v) is 2.86. The van der Waals surface area contributed by atoms with E-state index in [-0.39, 0.29) is 11.1 Å². The van der Waals surface area contributed by atoms with Crippen LogP contribution in [0.1, 0.15) is 34.8 Å². The van der Waals surface area contributed by atoms with Crippen molar-refractivity contribution in [3.63, 3.8) is 0 Å². The predicted molar refractivity (Wildman–Crippen MR) is 90.3 cm³/mol. The fourth-order valence-electron chi connectivity index (χ4n) is 2.86. The van der Waals surface area contributed by atoms with Gasteiger partial charge < -0.3 is 10.4 Å². The van der Waals surface area contributed by atoms with Crippen LogP contribution in [0.2, 0.25) is 0 Å². The van der Waals surface area contributed by atoms with Crippen LogP contribution in [0.25, 0.3) is 0 Å². The van der Waals surface area contributed by atoms with Gasteiger partial charge in [0.15, 0.2) is 0 Å². The van der Waals surface area contributed by atoms with Gasteiger partial charge in [0, 0.05) is 23.5 Å². The topological polar surface area (TPSA) is 104 Å². The minimum atomic E-state index is -4.65. The molecular weight excluding hydrogens is 377 g/mol. The van der Waals surface area contributed by atoms with E-state index in [0.29, 0.717) is 5.56 Å². The Hall–Kier alpha value is -3.30. The molecule has 0 bridgehead atoms. The van der Waals surface area contributed by atoms with Crippen LogP contribution in [0.5, 0.6) is 0 Å². The van der Waals surface area contributed by atoms with Crippen LogP contribution >= 0.6 is 0 Å². The summed E-state index contributed by atoms with van der Waals surface area (Å²) in [6, 6.07) is 7.85. The zero-order valence-electron chi connectivity index (χ0n) is 14.6. The first-order chi connectivity index (χ1) is 13.1. The summed E-state index contributed by atoms with van der Waals surface area (Å²) in [5.41, 5.74) is -3.39. The van der Waals surface area contributed by atoms with Gasteiger partial charge in [-0.1, -0.05) is 12.1 Å². The van der Waals surface area contributed by atoms with Gasteiger partial charge in [-0.25, -0.2) is 0 Å². The molecule has 1 amide bonds. The highest BCUT2D eigenvalue weighted by Crippen LogP contribution is 2.52. The van der Waals surface area contributed by atoms with E-state index in [1.807, 2.05) is 0 Å². The number of amides is 1. The third-order valence-electron chi connectivity index (χ3n) is 4.46. The average molecular weight is 392 g/mol. The molecule has 28 heavy (non-hydrogen) atoms. The lowest BCUT2D eigenvalue weighted by atomic mass is 9.88. The van der Waals surface area contributed by atoms with Crippen molar-refractivity contribution in [1.29, 1.82) is 0 Å². The fraction of sp³-hybridized carbons (Fsp3) is 0.278. The number of pyridine rings is 1. The van der Waals surface area contributed by atoms with Gasteiger partial charge in [0.1, 0.15) is 0 Å². The van der Waals surface area contributed by atoms with Gasteiger partial charge in [0.2, 0.25) is 0 Å². The van der Waals surface area contributed by atoms with Crippen LogP contribution in [0.15, 0.2) is 59.0 Å². The highest BCUT2D eigenvalue weighted by atomic mass is 19.4. The summed E-state index contributed by atoms with van der Waals surface area (Å²) < 4.78 is 39.1. The van der Waals surface area contributed by atoms with Crippen LogP contribution in [0, 0.1) is 0 Å². The maximum absolute atomic E-state index is 13.0. The van der Waals surface area contributed by atoms with Crippen LogP contribution in [-0.2, 0) is 16.0 Å². The van der Waals surface area contributed by atoms with E-state index < -0.39 is 35.7 Å². The van der Waals surface area contributed by atoms with E-state index >= 15 is 0 Å². The van der Waals surface area contributed by atoms with Crippen LogP contribution < -0.4 is 5.32 Å². The first-order valence-electron chi connectivity index (χ1n) is 8.13. The number of hydrogen-bond donors (Lipinski definition) is 2. The van der Waals surface area contributed by atoms with Crippen molar-refractivity contribution in [2.75, 3.05) is 0 Å². The number of nitrogens with one attached hydrogen (secondary N) is 1. The third kappa shape index (κ3) is 3.57. The Labute approximate surface area is 157 Å². The highest BCUT2D eigenvalue weighted by molar-refractivity contribution is 5.95. The number of hydrogen-bond acceptors (Lipinski definition) is 5. The van der Waals surface area contributed by atoms with Gasteiger partial charge in [0.05, 0.1) is 12.0 Å². The molecule has 10 heteroatoms. The van der Waals surface area contributed by atoms with Crippen LogP contribution in [-0.4, -0.2) is 28.1 Å². The van der Waals surface area contributed by atoms with Crippen LogP contribution in [0.3, 0.4) is 0 Å². The van der Waals surface area contributed by atoms with Crippen molar-refractivity contribution in [2.24, 2.45) is 10.2 Å². The Balaban J connectivity index is 1.82. The summed E-state index contributed by atoms with van der Waals surface area (Å²) in [5.74, 6) is -1.75. The van der Waals surface area contributed by atoms with E-state index in [0.717, 1.165) is 12.1 Å². The summed E-state index contributed by atoms with van der Waals surface area (Å²) in [6.45, 7) is 1.54. The summed E-state index contributed by atoms with van der Waals surface area (Å²) in [7, 11) is 0. The van der Waals surface area contributed by atoms with Crippen molar-refractivity contribution in [3.8, 4) is 0 Å². The maximum atomic E-state index is 13.0. The molecule has 2 aromatic rings. The Morgan fingerprint density at radius 1 is 1.07 bits per heavy atom. The van der Waals surface area contributed by atoms with Crippen molar-refractivity contribution in [3.05, 3.63) is 65.5 Å². The molecule has 0 saturated heterocycles. The van der Waals surface area contributed by atoms with Crippen LogP contribution in [0.4, 0.5) is 13.2 Å². The standard InChI is InChI=1S/C18H15F3N4O3/c1-16(10-14(26)27,12-6-8-22-9-7-12)23-15(28)11-2-4-13(5-3-11)17(24-25-17)18(19,20)21/h2-9H,10H2,1H3,(H,23,28)(H,26,27). The molecule has 0 aliphatic carbocycles. The predicted octanol–water partition coefficient (Wildman–Crippen LogP) is 3.38. The Morgan fingerprint density at radius 3 is 2.11 bits per heavy atom. The Bertz CT molecular complexity index is 923. The van der Waals surface area contributed by atoms with E-state index in [1.54, 1.807) is 19.1 Å². The van der Waals surface area contributed by atoms with Crippen molar-refractivity contribution in [2.45, 2.75) is 30.7 Å². The van der Waals surface area contributed by atoms with Gasteiger partial charge in [-0.2, -0.15) is 13.2 Å². The number of benzene rings is 1. The first kappa shape index (κ1) is 19.5. The zero-order valence-corrected chi connectivity index (χ0v) is 14.6. The minimum Gasteiger partial charge on any atom is -0.481 e. The molecule has 0 spiro atoms. The molecule has 0 radical (unpaired) electrons. The molecule has 2 N–H and O–H groups in total. The molecule has 1 aliphatic rings. The highest BCUT2D eigenvalue weighted by Gasteiger charge is 2.65. The molecule has 1 unspecified atom stereocenters. The summed E-state index contributed by atoms with van der Waals surface area (Å²) in [6.07, 6.45) is -2.11. The van der Waals surface area contributed by atoms with E-state index in [1.165, 1.54) is 24.5 Å². The lowest BCUT2D eigenvalue weighted by molar-refractivity contribution is -0.166. The second-order valence-electron chi connectivity index (χ2n) is 6.54. The number of carbonyl (C=O) groups excluding carboxylic acids is 1. The smallest absolute Gasteiger partial charge is 0.442 e. The molecule has 1 aliphatic heterocycles. The van der Waals surface area contributed by atoms with Gasteiger partial charge in [0.25, 0.3) is 5.91 Å². The molecule has 0 saturated carbocycles. The molecule has 7 nitrogen and oxygen atoms in total. The number of carboxylic acids is 1. The number of aliphatic carboxylic acids is 1. The number of carboxylic acid groups (broad SMARTS) is 1. The molecule has 1 atom stereocenters. The third-order valence-corrected chi connectivity index (χ3v) is 4.46. The number of nitrogens with zero attached hydrogens (tertiary/aromatic N) is 3. The van der Waals surface area contributed by atoms with Crippen molar-refractivity contribution >= 4 is 11.9 Å². The molecular formula is C18H15F3N4O3. The Kier molecular flexibility index (Phi) is 4.66. The number of carbonyl (C=O) groups is 2. The molecule has 1 aromatic carbocycles. The first-order valence-corrected chi connectivity index (χ1v) is 8.13. The number of rotatable bonds is 6. The van der Waals surface area contributed by atoms with Gasteiger partial charge in [-0.15, -0.1) is 10.2 Å². The monoisotopic (exact) mass is 392 g/mol. The van der Waals surface area contributed by atoms with Crippen molar-refractivity contribution < 1.29 is 27.9 Å². The molecule has 1 aromatic heterocycles. The van der Waals surface area contributed by atoms with Gasteiger partial charge in [-0.3, -0.25) is 14.6 Å². The molecule has 2 heterocycles. The summed E-state index contributed by atoms with van der Waals surface area (Å²) in [5, 5.41) is 18.1. The second-order valence-corrected chi connectivity index (χ2v) is 6.54. The largest absolute Gasteiger partial charge is 0.481 e. The van der Waals surface area contributed by atoms with Gasteiger partial charge >= 0.3 is 17.8 Å². The normalized spacial score (nSPS) is 16.9. The van der Waals surface area contributed by atoms with Gasteiger partial charge in [-0.05, 0) is 36.8 Å². The second kappa shape index (κ2) is 6.70.